The molecule has 1 aliphatic heterocycles. The molecule has 1 aliphatic rings. The number of carbonyl (C=O) groups excluding carboxylic acids is 2. The van der Waals surface area contributed by atoms with Gasteiger partial charge in [-0.05, 0) is 18.2 Å². The van der Waals surface area contributed by atoms with E-state index in [1.165, 1.54) is 22.0 Å². The molecule has 0 unspecified atom stereocenters. The third-order valence-corrected chi connectivity index (χ3v) is 6.24. The fourth-order valence-electron chi connectivity index (χ4n) is 4.45. The van der Waals surface area contributed by atoms with Crippen LogP contribution in [0, 0.1) is 0 Å². The summed E-state index contributed by atoms with van der Waals surface area (Å²) in [5, 5.41) is 23.2. The summed E-state index contributed by atoms with van der Waals surface area (Å²) in [4.78, 5) is 37.1. The lowest BCUT2D eigenvalue weighted by molar-refractivity contribution is -0.126. The van der Waals surface area contributed by atoms with E-state index in [0.717, 1.165) is 5.69 Å². The summed E-state index contributed by atoms with van der Waals surface area (Å²) in [6, 6.07) is 11.5. The van der Waals surface area contributed by atoms with Gasteiger partial charge in [0.05, 0.1) is 28.4 Å². The summed E-state index contributed by atoms with van der Waals surface area (Å²) in [6.45, 7) is 1.69. The minimum Gasteiger partial charge on any atom is -0.506 e. The van der Waals surface area contributed by atoms with Gasteiger partial charge in [-0.2, -0.15) is 5.10 Å². The van der Waals surface area contributed by atoms with E-state index in [-0.39, 0.29) is 16.7 Å². The van der Waals surface area contributed by atoms with Crippen molar-refractivity contribution in [3.05, 3.63) is 73.1 Å². The zero-order chi connectivity index (χ0) is 24.6. The van der Waals surface area contributed by atoms with Crippen LogP contribution in [-0.2, 0) is 4.79 Å². The van der Waals surface area contributed by atoms with E-state index in [9.17, 15) is 14.7 Å². The zero-order valence-corrected chi connectivity index (χ0v) is 19.0. The third-order valence-electron chi connectivity index (χ3n) is 6.24. The molecular formula is C24H21N9O3. The monoisotopic (exact) mass is 483 g/mol. The molecule has 0 atom stereocenters. The number of H-pyrrole nitrogens is 1. The number of pyridine rings is 1. The second-order valence-corrected chi connectivity index (χ2v) is 8.31. The summed E-state index contributed by atoms with van der Waals surface area (Å²) in [5.41, 5.74) is 1.45. The Bertz CT molecular complexity index is 1550. The minimum absolute atomic E-state index is 0.0922. The number of nitrogens with zero attached hydrogens (tertiary/aromatic N) is 8. The first-order valence-corrected chi connectivity index (χ1v) is 11.3. The van der Waals surface area contributed by atoms with Crippen LogP contribution in [0.2, 0.25) is 0 Å². The van der Waals surface area contributed by atoms with Gasteiger partial charge in [-0.1, -0.05) is 18.2 Å². The molecule has 180 valence electrons. The van der Waals surface area contributed by atoms with Gasteiger partial charge in [0.25, 0.3) is 11.7 Å². The average Bonchev–Trinajstić information content (AvgIpc) is 3.70. The number of nitrogens with one attached hydrogen (secondary N) is 1. The van der Waals surface area contributed by atoms with Gasteiger partial charge in [0.2, 0.25) is 5.95 Å². The predicted octanol–water partition coefficient (Wildman–Crippen LogP) is 1.57. The quantitative estimate of drug-likeness (QED) is 0.284. The van der Waals surface area contributed by atoms with Crippen LogP contribution >= 0.6 is 0 Å². The summed E-state index contributed by atoms with van der Waals surface area (Å²) in [7, 11) is 0. The molecule has 1 amide bonds. The average molecular weight is 483 g/mol. The predicted molar refractivity (Wildman–Crippen MR) is 129 cm³/mol. The first-order chi connectivity index (χ1) is 17.6. The lowest BCUT2D eigenvalue weighted by Crippen LogP contribution is -2.51. The van der Waals surface area contributed by atoms with Crippen molar-refractivity contribution in [2.24, 2.45) is 0 Å². The number of aromatic amines is 1. The number of benzene rings is 1. The molecule has 1 aromatic carbocycles. The molecule has 4 aromatic heterocycles. The molecule has 1 fully saturated rings. The van der Waals surface area contributed by atoms with Gasteiger partial charge < -0.3 is 19.9 Å². The van der Waals surface area contributed by atoms with E-state index < -0.39 is 11.7 Å². The summed E-state index contributed by atoms with van der Waals surface area (Å²) in [6.07, 6.45) is 7.63. The first-order valence-electron chi connectivity index (χ1n) is 11.3. The van der Waals surface area contributed by atoms with Crippen molar-refractivity contribution in [2.45, 2.75) is 0 Å². The highest BCUT2D eigenvalue weighted by Crippen LogP contribution is 2.31. The number of para-hydroxylation sites is 1. The number of aromatic nitrogens is 7. The molecular weight excluding hydrogens is 462 g/mol. The van der Waals surface area contributed by atoms with Crippen molar-refractivity contribution in [3.8, 4) is 17.3 Å². The number of anilines is 1. The summed E-state index contributed by atoms with van der Waals surface area (Å²) in [5.74, 6) is -0.425. The molecule has 0 aliphatic carbocycles. The number of amides is 1. The zero-order valence-electron chi connectivity index (χ0n) is 19.0. The van der Waals surface area contributed by atoms with Gasteiger partial charge in [0.15, 0.2) is 5.82 Å². The highest BCUT2D eigenvalue weighted by molar-refractivity contribution is 6.45. The largest absolute Gasteiger partial charge is 0.506 e. The number of hydrogen-bond acceptors (Lipinski definition) is 8. The number of Topliss-reactive ketones (excluding diaryl/α,β-unsaturated/α-hetero) is 1. The molecule has 0 spiro atoms. The normalized spacial score (nSPS) is 13.9. The van der Waals surface area contributed by atoms with Crippen LogP contribution in [-0.4, -0.2) is 82.4 Å². The molecule has 0 saturated carbocycles. The van der Waals surface area contributed by atoms with Crippen LogP contribution in [0.15, 0.2) is 67.5 Å². The number of carbonyl (C=O) groups is 2. The van der Waals surface area contributed by atoms with Gasteiger partial charge in [0.1, 0.15) is 12.1 Å². The maximum absolute atomic E-state index is 13.2. The molecule has 5 aromatic rings. The van der Waals surface area contributed by atoms with Crippen molar-refractivity contribution in [3.63, 3.8) is 0 Å². The third kappa shape index (κ3) is 3.55. The van der Waals surface area contributed by atoms with Crippen LogP contribution in [0.5, 0.6) is 5.75 Å². The van der Waals surface area contributed by atoms with Crippen LogP contribution in [0.3, 0.4) is 0 Å². The van der Waals surface area contributed by atoms with Gasteiger partial charge in [-0.3, -0.25) is 14.2 Å². The standard InChI is InChI=1S/C24H21N9O3/c34-18-14-26-22(33-8-4-7-28-33)20-19(18)17(13-25-20)21(35)23(36)30-9-11-31(12-10-30)24-29-27-15-32(24)16-5-2-1-3-6-16/h1-8,13-15,25,34H,9-12H2. The van der Waals surface area contributed by atoms with Crippen LogP contribution in [0.25, 0.3) is 22.4 Å². The van der Waals surface area contributed by atoms with E-state index in [0.29, 0.717) is 43.5 Å². The second-order valence-electron chi connectivity index (χ2n) is 8.31. The number of hydrogen-bond donors (Lipinski definition) is 2. The number of aromatic hydroxyl groups is 1. The molecule has 5 heterocycles. The molecule has 12 heteroatoms. The highest BCUT2D eigenvalue weighted by Gasteiger charge is 2.31. The topological polar surface area (TPSA) is 138 Å². The van der Waals surface area contributed by atoms with Gasteiger partial charge in [-0.25, -0.2) is 9.67 Å². The highest BCUT2D eigenvalue weighted by atomic mass is 16.3. The number of rotatable bonds is 5. The lowest BCUT2D eigenvalue weighted by Gasteiger charge is -2.34. The fraction of sp³-hybridized carbons (Fsp3) is 0.167. The van der Waals surface area contributed by atoms with Gasteiger partial charge in [-0.15, -0.1) is 10.2 Å². The smallest absolute Gasteiger partial charge is 0.295 e. The Morgan fingerprint density at radius 2 is 1.83 bits per heavy atom. The number of fused-ring (bicyclic) bond motifs is 1. The maximum Gasteiger partial charge on any atom is 0.295 e. The van der Waals surface area contributed by atoms with Gasteiger partial charge in [0, 0.05) is 44.8 Å². The fourth-order valence-corrected chi connectivity index (χ4v) is 4.45. The van der Waals surface area contributed by atoms with E-state index in [1.54, 1.807) is 24.8 Å². The summed E-state index contributed by atoms with van der Waals surface area (Å²) >= 11 is 0. The molecule has 12 nitrogen and oxygen atoms in total. The van der Waals surface area contributed by atoms with Crippen LogP contribution in [0.1, 0.15) is 10.4 Å². The van der Waals surface area contributed by atoms with E-state index in [4.69, 9.17) is 0 Å². The molecule has 0 bridgehead atoms. The minimum atomic E-state index is -0.699. The van der Waals surface area contributed by atoms with Crippen molar-refractivity contribution in [1.82, 2.24) is 39.4 Å². The first kappa shape index (κ1) is 21.5. The SMILES string of the molecule is O=C(C(=O)N1CCN(c2nncn2-c2ccccc2)CC1)c1c[nH]c2c(-n3cccn3)ncc(O)c12. The Morgan fingerprint density at radius 1 is 1.03 bits per heavy atom. The second kappa shape index (κ2) is 8.65. The number of piperazine rings is 1. The Kier molecular flexibility index (Phi) is 5.17. The van der Waals surface area contributed by atoms with E-state index in [2.05, 4.69) is 25.3 Å². The molecule has 1 saturated heterocycles. The molecule has 2 N–H and O–H groups in total. The Labute approximate surface area is 204 Å². The summed E-state index contributed by atoms with van der Waals surface area (Å²) < 4.78 is 3.41. The van der Waals surface area contributed by atoms with Crippen molar-refractivity contribution < 1.29 is 14.7 Å². The molecule has 0 radical (unpaired) electrons. The molecule has 36 heavy (non-hydrogen) atoms. The number of ketones is 1. The Hall–Kier alpha value is -5.00. The van der Waals surface area contributed by atoms with Crippen molar-refractivity contribution >= 4 is 28.5 Å². The van der Waals surface area contributed by atoms with Crippen LogP contribution < -0.4 is 4.90 Å². The van der Waals surface area contributed by atoms with Crippen molar-refractivity contribution in [2.75, 3.05) is 31.1 Å². The van der Waals surface area contributed by atoms with E-state index >= 15 is 0 Å². The Morgan fingerprint density at radius 3 is 2.58 bits per heavy atom. The Balaban J connectivity index is 1.21. The molecule has 6 rings (SSSR count). The van der Waals surface area contributed by atoms with Crippen molar-refractivity contribution in [1.29, 1.82) is 0 Å². The van der Waals surface area contributed by atoms with Crippen LogP contribution in [0.4, 0.5) is 5.95 Å². The maximum atomic E-state index is 13.2. The lowest BCUT2D eigenvalue weighted by atomic mass is 10.1. The van der Waals surface area contributed by atoms with Gasteiger partial charge >= 0.3 is 0 Å². The van der Waals surface area contributed by atoms with E-state index in [1.807, 2.05) is 39.8 Å².